The van der Waals surface area contributed by atoms with E-state index in [2.05, 4.69) is 20.8 Å². The summed E-state index contributed by atoms with van der Waals surface area (Å²) < 4.78 is 0. The van der Waals surface area contributed by atoms with Crippen LogP contribution in [0.25, 0.3) is 0 Å². The first-order chi connectivity index (χ1) is 3.72. The maximum atomic E-state index is 5.87. The van der Waals surface area contributed by atoms with Crippen molar-refractivity contribution in [1.82, 2.24) is 0 Å². The summed E-state index contributed by atoms with van der Waals surface area (Å²) >= 11 is 0. The third-order valence-electron chi connectivity index (χ3n) is 1.85. The van der Waals surface area contributed by atoms with Gasteiger partial charge in [0.15, 0.2) is 0 Å². The zero-order chi connectivity index (χ0) is 6.57. The number of rotatable bonds is 3. The molecule has 0 rings (SSSR count). The second-order valence-corrected chi connectivity index (χ2v) is 5.74. The van der Waals surface area contributed by atoms with Crippen LogP contribution >= 0.6 is 0 Å². The second kappa shape index (κ2) is 4.10. The Kier molecular flexibility index (Phi) is 4.19. The maximum absolute atomic E-state index is 5.87. The highest BCUT2D eigenvalue weighted by atomic mass is 28.3. The first-order valence-electron chi connectivity index (χ1n) is 3.47. The minimum atomic E-state index is -0.775. The summed E-state index contributed by atoms with van der Waals surface area (Å²) in [5.74, 6) is 0. The van der Waals surface area contributed by atoms with Crippen LogP contribution in [0, 0.1) is 0 Å². The molecule has 0 aromatic rings. The van der Waals surface area contributed by atoms with Gasteiger partial charge in [-0.15, -0.1) is 0 Å². The Morgan fingerprint density at radius 3 is 2.12 bits per heavy atom. The molecule has 2 unspecified atom stereocenters. The average molecular weight is 131 g/mol. The zero-order valence-corrected chi connectivity index (χ0v) is 7.30. The van der Waals surface area contributed by atoms with Gasteiger partial charge in [-0.25, -0.2) is 0 Å². The lowest BCUT2D eigenvalue weighted by atomic mass is 10.4. The van der Waals surface area contributed by atoms with Crippen molar-refractivity contribution in [3.63, 3.8) is 0 Å². The fraction of sp³-hybridized carbons (Fsp3) is 1.00. The Balaban J connectivity index is 3.29. The van der Waals surface area contributed by atoms with Crippen molar-refractivity contribution in [3.05, 3.63) is 0 Å². The first kappa shape index (κ1) is 8.18. The van der Waals surface area contributed by atoms with Gasteiger partial charge in [0.25, 0.3) is 0 Å². The van der Waals surface area contributed by atoms with Gasteiger partial charge in [-0.1, -0.05) is 27.2 Å². The molecule has 50 valence electrons. The van der Waals surface area contributed by atoms with Gasteiger partial charge in [-0.2, -0.15) is 0 Å². The zero-order valence-electron chi connectivity index (χ0n) is 6.15. The Morgan fingerprint density at radius 2 is 2.00 bits per heavy atom. The molecule has 0 aliphatic carbocycles. The van der Waals surface area contributed by atoms with Gasteiger partial charge in [-0.3, -0.25) is 0 Å². The fourth-order valence-corrected chi connectivity index (χ4v) is 2.12. The Hall–Kier alpha value is 0.177. The summed E-state index contributed by atoms with van der Waals surface area (Å²) in [4.78, 5) is 0. The van der Waals surface area contributed by atoms with Gasteiger partial charge in [-0.05, 0) is 11.6 Å². The molecule has 0 amide bonds. The van der Waals surface area contributed by atoms with Crippen molar-refractivity contribution in [2.75, 3.05) is 0 Å². The summed E-state index contributed by atoms with van der Waals surface area (Å²) in [6, 6.07) is 1.25. The van der Waals surface area contributed by atoms with Crippen LogP contribution < -0.4 is 5.40 Å². The Morgan fingerprint density at radius 1 is 1.50 bits per heavy atom. The van der Waals surface area contributed by atoms with Gasteiger partial charge < -0.3 is 5.40 Å². The monoisotopic (exact) mass is 131 g/mol. The molecule has 0 saturated heterocycles. The lowest BCUT2D eigenvalue weighted by Gasteiger charge is -2.12. The molecule has 0 radical (unpaired) electrons. The molecule has 0 bridgehead atoms. The number of nitrogens with two attached hydrogens (primary N) is 1. The molecule has 1 nitrogen and oxygen atoms in total. The summed E-state index contributed by atoms with van der Waals surface area (Å²) in [7, 11) is -0.775. The molecule has 8 heavy (non-hydrogen) atoms. The Labute approximate surface area is 54.0 Å². The maximum Gasteiger partial charge on any atom is 0.108 e. The van der Waals surface area contributed by atoms with E-state index in [-0.39, 0.29) is 0 Å². The molecule has 0 aromatic carbocycles. The second-order valence-electron chi connectivity index (χ2n) is 2.46. The van der Waals surface area contributed by atoms with Crippen LogP contribution in [0.4, 0.5) is 0 Å². The molecule has 0 aromatic heterocycles. The van der Waals surface area contributed by atoms with Gasteiger partial charge in [0.1, 0.15) is 8.96 Å². The first-order valence-corrected chi connectivity index (χ1v) is 5.62. The highest BCUT2D eigenvalue weighted by molar-refractivity contribution is 6.56. The van der Waals surface area contributed by atoms with Crippen LogP contribution in [0.2, 0.25) is 11.6 Å². The molecule has 0 heterocycles. The molecule has 0 aliphatic heterocycles. The van der Waals surface area contributed by atoms with Gasteiger partial charge in [0.2, 0.25) is 0 Å². The smallest absolute Gasteiger partial charge is 0.108 e. The van der Waals surface area contributed by atoms with Crippen molar-refractivity contribution in [2.24, 2.45) is 5.40 Å². The van der Waals surface area contributed by atoms with Crippen molar-refractivity contribution >= 4 is 8.96 Å². The average Bonchev–Trinajstić information content (AvgIpc) is 1.84. The molecule has 2 atom stereocenters. The fourth-order valence-electron chi connectivity index (χ4n) is 0.705. The largest absolute Gasteiger partial charge is 0.353 e. The molecule has 0 aliphatic rings. The highest BCUT2D eigenvalue weighted by Crippen LogP contribution is 2.11. The van der Waals surface area contributed by atoms with E-state index in [0.29, 0.717) is 0 Å². The number of hydrogen-bond acceptors (Lipinski definition) is 1. The standard InChI is InChI=1S/C6H17NSi/c1-4-6(3)8(7)5-2/h6,8H,4-5,7H2,1-3H3. The van der Waals surface area contributed by atoms with Gasteiger partial charge in [0.05, 0.1) is 0 Å². The van der Waals surface area contributed by atoms with E-state index in [0.717, 1.165) is 5.54 Å². The minimum absolute atomic E-state index is 0.775. The van der Waals surface area contributed by atoms with E-state index < -0.39 is 8.96 Å². The quantitative estimate of drug-likeness (QED) is 0.577. The molecule has 2 heteroatoms. The topological polar surface area (TPSA) is 26.0 Å². The molecule has 0 spiro atoms. The van der Waals surface area contributed by atoms with Crippen LogP contribution in [-0.4, -0.2) is 8.96 Å². The predicted octanol–water partition coefficient (Wildman–Crippen LogP) is 1.49. The SMILES string of the molecule is CCC(C)[SiH](N)CC. The van der Waals surface area contributed by atoms with E-state index in [1.54, 1.807) is 0 Å². The Bertz CT molecular complexity index is 48.5. The van der Waals surface area contributed by atoms with Crippen molar-refractivity contribution in [1.29, 1.82) is 0 Å². The normalized spacial score (nSPS) is 18.0. The molecule has 0 saturated carbocycles. The minimum Gasteiger partial charge on any atom is -0.353 e. The van der Waals surface area contributed by atoms with Crippen LogP contribution in [0.3, 0.4) is 0 Å². The van der Waals surface area contributed by atoms with Crippen LogP contribution in [0.1, 0.15) is 27.2 Å². The summed E-state index contributed by atoms with van der Waals surface area (Å²) in [5.41, 5.74) is 0.833. The molecule has 0 fully saturated rings. The third kappa shape index (κ3) is 2.48. The lowest BCUT2D eigenvalue weighted by molar-refractivity contribution is 0.847. The van der Waals surface area contributed by atoms with Crippen molar-refractivity contribution in [2.45, 2.75) is 38.8 Å². The number of hydrogen-bond donors (Lipinski definition) is 1. The van der Waals surface area contributed by atoms with E-state index in [1.807, 2.05) is 0 Å². The van der Waals surface area contributed by atoms with Gasteiger partial charge in [0, 0.05) is 0 Å². The third-order valence-corrected chi connectivity index (χ3v) is 4.72. The van der Waals surface area contributed by atoms with Gasteiger partial charge >= 0.3 is 0 Å². The summed E-state index contributed by atoms with van der Waals surface area (Å²) in [6.45, 7) is 6.68. The van der Waals surface area contributed by atoms with E-state index in [4.69, 9.17) is 5.40 Å². The van der Waals surface area contributed by atoms with Crippen LogP contribution in [0.15, 0.2) is 0 Å². The van der Waals surface area contributed by atoms with E-state index in [9.17, 15) is 0 Å². The molecular weight excluding hydrogens is 114 g/mol. The predicted molar refractivity (Wildman–Crippen MR) is 41.5 cm³/mol. The van der Waals surface area contributed by atoms with Crippen LogP contribution in [-0.2, 0) is 0 Å². The molecular formula is C6H17NSi. The highest BCUT2D eigenvalue weighted by Gasteiger charge is 2.08. The summed E-state index contributed by atoms with van der Waals surface area (Å²) in [6.07, 6.45) is 1.27. The van der Waals surface area contributed by atoms with Crippen LogP contribution in [0.5, 0.6) is 0 Å². The van der Waals surface area contributed by atoms with E-state index >= 15 is 0 Å². The van der Waals surface area contributed by atoms with Crippen molar-refractivity contribution in [3.8, 4) is 0 Å². The lowest BCUT2D eigenvalue weighted by Crippen LogP contribution is -2.28. The molecule has 2 N–H and O–H groups in total. The van der Waals surface area contributed by atoms with E-state index in [1.165, 1.54) is 12.5 Å². The van der Waals surface area contributed by atoms with Crippen molar-refractivity contribution < 1.29 is 0 Å². The summed E-state index contributed by atoms with van der Waals surface area (Å²) in [5, 5.41) is 5.87.